The SMILES string of the molecule is CCC(N)CSCCOc1cccc(C(=O)NN)c1. The number of ether oxygens (including phenoxy) is 1. The Morgan fingerprint density at radius 1 is 1.53 bits per heavy atom. The molecule has 0 fully saturated rings. The Labute approximate surface area is 118 Å². The molecule has 5 N–H and O–H groups in total. The summed E-state index contributed by atoms with van der Waals surface area (Å²) < 4.78 is 5.57. The topological polar surface area (TPSA) is 90.4 Å². The standard InChI is InChI=1S/C13H21N3O2S/c1-2-11(14)9-19-7-6-18-12-5-3-4-10(8-12)13(17)16-15/h3-5,8,11H,2,6-7,9,14-15H2,1H3,(H,16,17). The van der Waals surface area contributed by atoms with Gasteiger partial charge in [0.1, 0.15) is 5.75 Å². The molecule has 0 aliphatic rings. The van der Waals surface area contributed by atoms with Gasteiger partial charge in [0, 0.05) is 23.1 Å². The summed E-state index contributed by atoms with van der Waals surface area (Å²) in [6.07, 6.45) is 0.990. The molecule has 1 atom stereocenters. The number of nitrogens with one attached hydrogen (secondary N) is 1. The van der Waals surface area contributed by atoms with E-state index in [1.54, 1.807) is 30.0 Å². The van der Waals surface area contributed by atoms with E-state index in [2.05, 4.69) is 12.3 Å². The van der Waals surface area contributed by atoms with Crippen LogP contribution in [0.2, 0.25) is 0 Å². The van der Waals surface area contributed by atoms with Crippen molar-refractivity contribution in [1.29, 1.82) is 0 Å². The highest BCUT2D eigenvalue weighted by molar-refractivity contribution is 7.99. The van der Waals surface area contributed by atoms with E-state index in [1.807, 2.05) is 6.07 Å². The van der Waals surface area contributed by atoms with Crippen LogP contribution in [0.3, 0.4) is 0 Å². The molecular formula is C13H21N3O2S. The number of carbonyl (C=O) groups is 1. The highest BCUT2D eigenvalue weighted by atomic mass is 32.2. The lowest BCUT2D eigenvalue weighted by Crippen LogP contribution is -2.29. The normalized spacial score (nSPS) is 11.9. The lowest BCUT2D eigenvalue weighted by molar-refractivity contribution is 0.0953. The Morgan fingerprint density at radius 2 is 2.32 bits per heavy atom. The molecule has 106 valence electrons. The molecule has 0 heterocycles. The van der Waals surface area contributed by atoms with Gasteiger partial charge in [0.05, 0.1) is 6.61 Å². The monoisotopic (exact) mass is 283 g/mol. The maximum atomic E-state index is 11.3. The number of benzene rings is 1. The van der Waals surface area contributed by atoms with Crippen LogP contribution in [-0.4, -0.2) is 30.1 Å². The number of amides is 1. The molecule has 6 heteroatoms. The zero-order valence-electron chi connectivity index (χ0n) is 11.1. The smallest absolute Gasteiger partial charge is 0.265 e. The van der Waals surface area contributed by atoms with Gasteiger partial charge in [-0.05, 0) is 24.6 Å². The second kappa shape index (κ2) is 8.79. The molecule has 0 aliphatic carbocycles. The van der Waals surface area contributed by atoms with Gasteiger partial charge in [0.2, 0.25) is 0 Å². The molecule has 0 aliphatic heterocycles. The second-order valence-corrected chi connectivity index (χ2v) is 5.24. The van der Waals surface area contributed by atoms with Crippen molar-refractivity contribution >= 4 is 17.7 Å². The van der Waals surface area contributed by atoms with Gasteiger partial charge in [0.25, 0.3) is 5.91 Å². The molecule has 0 spiro atoms. The molecule has 1 amide bonds. The second-order valence-electron chi connectivity index (χ2n) is 4.09. The van der Waals surface area contributed by atoms with Gasteiger partial charge < -0.3 is 10.5 Å². The number of hydrogen-bond acceptors (Lipinski definition) is 5. The van der Waals surface area contributed by atoms with Crippen molar-refractivity contribution in [1.82, 2.24) is 5.43 Å². The van der Waals surface area contributed by atoms with Gasteiger partial charge in [0.15, 0.2) is 0 Å². The number of thioether (sulfide) groups is 1. The highest BCUT2D eigenvalue weighted by Crippen LogP contribution is 2.14. The van der Waals surface area contributed by atoms with Crippen molar-refractivity contribution in [2.24, 2.45) is 11.6 Å². The van der Waals surface area contributed by atoms with Gasteiger partial charge in [-0.3, -0.25) is 10.2 Å². The molecule has 1 rings (SSSR count). The fourth-order valence-electron chi connectivity index (χ4n) is 1.38. The molecule has 1 aromatic rings. The van der Waals surface area contributed by atoms with Crippen molar-refractivity contribution in [3.63, 3.8) is 0 Å². The van der Waals surface area contributed by atoms with Crippen LogP contribution in [0.5, 0.6) is 5.75 Å². The predicted molar refractivity (Wildman–Crippen MR) is 79.2 cm³/mol. The fourth-order valence-corrected chi connectivity index (χ4v) is 2.29. The zero-order valence-corrected chi connectivity index (χ0v) is 11.9. The Hall–Kier alpha value is -1.24. The molecule has 5 nitrogen and oxygen atoms in total. The number of carbonyl (C=O) groups excluding carboxylic acids is 1. The Balaban J connectivity index is 2.31. The summed E-state index contributed by atoms with van der Waals surface area (Å²) in [5, 5.41) is 0. The molecule has 0 aromatic heterocycles. The zero-order chi connectivity index (χ0) is 14.1. The summed E-state index contributed by atoms with van der Waals surface area (Å²) in [7, 11) is 0. The first-order valence-corrected chi connectivity index (χ1v) is 7.40. The van der Waals surface area contributed by atoms with Crippen molar-refractivity contribution in [3.8, 4) is 5.75 Å². The molecule has 19 heavy (non-hydrogen) atoms. The van der Waals surface area contributed by atoms with E-state index < -0.39 is 0 Å². The minimum atomic E-state index is -0.325. The quantitative estimate of drug-likeness (QED) is 0.288. The Bertz CT molecular complexity index is 401. The lowest BCUT2D eigenvalue weighted by Gasteiger charge is -2.09. The van der Waals surface area contributed by atoms with E-state index in [4.69, 9.17) is 16.3 Å². The maximum absolute atomic E-state index is 11.3. The van der Waals surface area contributed by atoms with E-state index in [9.17, 15) is 4.79 Å². The van der Waals surface area contributed by atoms with Crippen LogP contribution >= 0.6 is 11.8 Å². The van der Waals surface area contributed by atoms with Crippen LogP contribution in [0.15, 0.2) is 24.3 Å². The first-order valence-electron chi connectivity index (χ1n) is 6.24. The Morgan fingerprint density at radius 3 is 3.00 bits per heavy atom. The third-order valence-corrected chi connectivity index (χ3v) is 3.70. The van der Waals surface area contributed by atoms with Crippen LogP contribution in [0, 0.1) is 0 Å². The first-order chi connectivity index (χ1) is 9.17. The van der Waals surface area contributed by atoms with E-state index in [1.165, 1.54) is 0 Å². The minimum absolute atomic E-state index is 0.251. The maximum Gasteiger partial charge on any atom is 0.265 e. The minimum Gasteiger partial charge on any atom is -0.493 e. The van der Waals surface area contributed by atoms with Gasteiger partial charge >= 0.3 is 0 Å². The van der Waals surface area contributed by atoms with Crippen LogP contribution in [0.1, 0.15) is 23.7 Å². The van der Waals surface area contributed by atoms with Crippen molar-refractivity contribution in [2.45, 2.75) is 19.4 Å². The summed E-state index contributed by atoms with van der Waals surface area (Å²) in [5.74, 6) is 7.24. The third kappa shape index (κ3) is 5.96. The lowest BCUT2D eigenvalue weighted by atomic mass is 10.2. The van der Waals surface area contributed by atoms with Gasteiger partial charge in [-0.15, -0.1) is 0 Å². The van der Waals surface area contributed by atoms with Crippen LogP contribution < -0.4 is 21.7 Å². The fraction of sp³-hybridized carbons (Fsp3) is 0.462. The molecule has 0 radical (unpaired) electrons. The first kappa shape index (κ1) is 15.8. The Kier molecular flexibility index (Phi) is 7.32. The predicted octanol–water partition coefficient (Wildman–Crippen LogP) is 1.14. The molecule has 0 saturated heterocycles. The molecule has 1 aromatic carbocycles. The van der Waals surface area contributed by atoms with Crippen LogP contribution in [-0.2, 0) is 0 Å². The van der Waals surface area contributed by atoms with E-state index in [-0.39, 0.29) is 11.9 Å². The molecule has 1 unspecified atom stereocenters. The number of rotatable bonds is 8. The van der Waals surface area contributed by atoms with Crippen molar-refractivity contribution in [3.05, 3.63) is 29.8 Å². The van der Waals surface area contributed by atoms with E-state index >= 15 is 0 Å². The number of hydrazine groups is 1. The van der Waals surface area contributed by atoms with Crippen LogP contribution in [0.25, 0.3) is 0 Å². The third-order valence-electron chi connectivity index (χ3n) is 2.58. The number of hydrogen-bond donors (Lipinski definition) is 3. The largest absolute Gasteiger partial charge is 0.493 e. The molecule has 0 saturated carbocycles. The average molecular weight is 283 g/mol. The highest BCUT2D eigenvalue weighted by Gasteiger charge is 2.04. The van der Waals surface area contributed by atoms with Crippen LogP contribution in [0.4, 0.5) is 0 Å². The van der Waals surface area contributed by atoms with Crippen molar-refractivity contribution < 1.29 is 9.53 Å². The summed E-state index contributed by atoms with van der Waals surface area (Å²) in [5.41, 5.74) is 8.39. The summed E-state index contributed by atoms with van der Waals surface area (Å²) in [4.78, 5) is 11.3. The summed E-state index contributed by atoms with van der Waals surface area (Å²) in [6.45, 7) is 2.67. The van der Waals surface area contributed by atoms with E-state index in [0.29, 0.717) is 17.9 Å². The average Bonchev–Trinajstić information content (AvgIpc) is 2.46. The van der Waals surface area contributed by atoms with Gasteiger partial charge in [-0.2, -0.15) is 11.8 Å². The van der Waals surface area contributed by atoms with Gasteiger partial charge in [-0.1, -0.05) is 13.0 Å². The number of nitrogen functional groups attached to an aromatic ring is 1. The molecular weight excluding hydrogens is 262 g/mol. The number of nitrogens with two attached hydrogens (primary N) is 2. The summed E-state index contributed by atoms with van der Waals surface area (Å²) in [6, 6.07) is 7.19. The van der Waals surface area contributed by atoms with Crippen molar-refractivity contribution in [2.75, 3.05) is 18.1 Å². The van der Waals surface area contributed by atoms with E-state index in [0.717, 1.165) is 17.9 Å². The summed E-state index contributed by atoms with van der Waals surface area (Å²) >= 11 is 1.77. The molecule has 0 bridgehead atoms. The van der Waals surface area contributed by atoms with Gasteiger partial charge in [-0.25, -0.2) is 5.84 Å².